The molecule has 0 N–H and O–H groups in total. The van der Waals surface area contributed by atoms with E-state index < -0.39 is 3.23 Å². The molecule has 2 aliphatic rings. The Morgan fingerprint density at radius 3 is 2.85 bits per heavy atom. The van der Waals surface area contributed by atoms with E-state index in [1.165, 1.54) is 6.34 Å². The molecule has 0 bridgehead atoms. The van der Waals surface area contributed by atoms with Gasteiger partial charge in [0, 0.05) is 0 Å². The third-order valence-corrected chi connectivity index (χ3v) is 3.01. The average Bonchev–Trinajstić information content (AvgIpc) is 2.06. The number of carbonyl (C=O) groups excluding carboxylic acids is 1. The molecule has 0 aromatic heterocycles. The quantitative estimate of drug-likeness (QED) is 0.631. The number of halogens is 2. The van der Waals surface area contributed by atoms with Crippen molar-refractivity contribution < 1.29 is 4.79 Å². The molecule has 1 aliphatic carbocycles. The molecule has 3 nitrogen and oxygen atoms in total. The van der Waals surface area contributed by atoms with Crippen molar-refractivity contribution >= 4 is 49.8 Å². The fraction of sp³-hybridized carbons (Fsp3) is 0.125. The highest BCUT2D eigenvalue weighted by molar-refractivity contribution is 9.26. The second-order valence-electron chi connectivity index (χ2n) is 2.59. The monoisotopic (exact) mass is 302 g/mol. The minimum Gasteiger partial charge on any atom is -0.267 e. The van der Waals surface area contributed by atoms with Crippen molar-refractivity contribution in [2.24, 2.45) is 9.98 Å². The topological polar surface area (TPSA) is 41.8 Å². The van der Waals surface area contributed by atoms with Crippen molar-refractivity contribution in [3.63, 3.8) is 0 Å². The molecule has 1 amide bonds. The van der Waals surface area contributed by atoms with Crippen molar-refractivity contribution in [2.45, 2.75) is 3.23 Å². The van der Waals surface area contributed by atoms with Gasteiger partial charge in [-0.2, -0.15) is 4.99 Å². The Bertz CT molecular complexity index is 391. The first-order chi connectivity index (χ1) is 6.11. The first-order valence-corrected chi connectivity index (χ1v) is 5.13. The maximum atomic E-state index is 11.3. The summed E-state index contributed by atoms with van der Waals surface area (Å²) in [6.07, 6.45) is 6.63. The number of hydrogen-bond donors (Lipinski definition) is 0. The van der Waals surface area contributed by atoms with Gasteiger partial charge in [-0.25, -0.2) is 4.99 Å². The molecule has 13 heavy (non-hydrogen) atoms. The summed E-state index contributed by atoms with van der Waals surface area (Å²) >= 11 is 6.81. The number of nitrogens with zero attached hydrogens (tertiary/aromatic N) is 2. The van der Waals surface area contributed by atoms with Crippen molar-refractivity contribution in [3.8, 4) is 0 Å². The van der Waals surface area contributed by atoms with Gasteiger partial charge in [-0.3, -0.25) is 4.79 Å². The van der Waals surface area contributed by atoms with Crippen LogP contribution in [0.4, 0.5) is 0 Å². The summed E-state index contributed by atoms with van der Waals surface area (Å²) in [6, 6.07) is 0. The van der Waals surface area contributed by atoms with Crippen LogP contribution >= 0.6 is 31.9 Å². The van der Waals surface area contributed by atoms with Gasteiger partial charge in [-0.05, 0) is 6.08 Å². The zero-order chi connectivity index (χ0) is 9.47. The van der Waals surface area contributed by atoms with Gasteiger partial charge in [-0.15, -0.1) is 0 Å². The largest absolute Gasteiger partial charge is 0.280 e. The highest BCUT2D eigenvalue weighted by atomic mass is 79.9. The molecule has 66 valence electrons. The van der Waals surface area contributed by atoms with Crippen LogP contribution in [0.3, 0.4) is 0 Å². The Kier molecular flexibility index (Phi) is 2.08. The van der Waals surface area contributed by atoms with Gasteiger partial charge >= 0.3 is 0 Å². The number of allylic oxidation sites excluding steroid dienone is 3. The van der Waals surface area contributed by atoms with Crippen molar-refractivity contribution in [1.82, 2.24) is 0 Å². The van der Waals surface area contributed by atoms with Crippen LogP contribution < -0.4 is 0 Å². The Morgan fingerprint density at radius 2 is 2.15 bits per heavy atom. The Labute approximate surface area is 91.6 Å². The summed E-state index contributed by atoms with van der Waals surface area (Å²) in [5.41, 5.74) is 1.17. The van der Waals surface area contributed by atoms with E-state index >= 15 is 0 Å². The van der Waals surface area contributed by atoms with E-state index in [4.69, 9.17) is 0 Å². The summed E-state index contributed by atoms with van der Waals surface area (Å²) in [6.45, 7) is 0. The van der Waals surface area contributed by atoms with Gasteiger partial charge in [0.15, 0.2) is 0 Å². The highest BCUT2D eigenvalue weighted by Gasteiger charge is 2.35. The molecule has 0 radical (unpaired) electrons. The lowest BCUT2D eigenvalue weighted by atomic mass is 10.0. The van der Waals surface area contributed by atoms with Gasteiger partial charge < -0.3 is 0 Å². The van der Waals surface area contributed by atoms with E-state index in [9.17, 15) is 4.79 Å². The fourth-order valence-corrected chi connectivity index (χ4v) is 2.08. The molecule has 5 heteroatoms. The number of alkyl halides is 2. The maximum Gasteiger partial charge on any atom is 0.280 e. The van der Waals surface area contributed by atoms with E-state index in [2.05, 4.69) is 41.8 Å². The predicted molar refractivity (Wildman–Crippen MR) is 58.7 cm³/mol. The molecule has 1 aliphatic heterocycles. The standard InChI is InChI=1S/C8H4Br2N2O/c9-8(10)3-1-2-5-6(8)11-4-12-7(5)13/h1-4H. The fourth-order valence-electron chi connectivity index (χ4n) is 1.14. The van der Waals surface area contributed by atoms with E-state index in [1.807, 2.05) is 6.08 Å². The highest BCUT2D eigenvalue weighted by Crippen LogP contribution is 2.36. The maximum absolute atomic E-state index is 11.3. The van der Waals surface area contributed by atoms with Crippen LogP contribution in [0.25, 0.3) is 0 Å². The lowest BCUT2D eigenvalue weighted by molar-refractivity contribution is -0.113. The molecule has 0 fully saturated rings. The molecular weight excluding hydrogens is 300 g/mol. The summed E-state index contributed by atoms with van der Waals surface area (Å²) in [5.74, 6) is -0.252. The van der Waals surface area contributed by atoms with Gasteiger partial charge in [-0.1, -0.05) is 44.0 Å². The van der Waals surface area contributed by atoms with E-state index in [-0.39, 0.29) is 5.91 Å². The minimum absolute atomic E-state index is 0.252. The summed E-state index contributed by atoms with van der Waals surface area (Å²) in [4.78, 5) is 18.9. The van der Waals surface area contributed by atoms with Gasteiger partial charge in [0.25, 0.3) is 5.91 Å². The van der Waals surface area contributed by atoms with Gasteiger partial charge in [0.2, 0.25) is 0 Å². The molecule has 1 heterocycles. The molecule has 2 rings (SSSR count). The first-order valence-electron chi connectivity index (χ1n) is 3.54. The SMILES string of the molecule is O=C1N=CN=C2C1=CC=CC2(Br)Br. The Hall–Kier alpha value is -0.550. The third-order valence-electron chi connectivity index (χ3n) is 1.73. The molecular formula is C8H4Br2N2O. The molecule has 0 saturated carbocycles. The van der Waals surface area contributed by atoms with Crippen LogP contribution in [0.15, 0.2) is 33.8 Å². The number of aliphatic imine (C=N–C) groups is 2. The van der Waals surface area contributed by atoms with Crippen LogP contribution in [-0.2, 0) is 4.79 Å². The zero-order valence-electron chi connectivity index (χ0n) is 6.37. The van der Waals surface area contributed by atoms with Crippen molar-refractivity contribution in [1.29, 1.82) is 0 Å². The summed E-state index contributed by atoms with van der Waals surface area (Å²) < 4.78 is -0.536. The van der Waals surface area contributed by atoms with Gasteiger partial charge in [0.1, 0.15) is 9.57 Å². The predicted octanol–water partition coefficient (Wildman–Crippen LogP) is 1.98. The van der Waals surface area contributed by atoms with Crippen LogP contribution in [-0.4, -0.2) is 21.2 Å². The van der Waals surface area contributed by atoms with E-state index in [0.717, 1.165) is 0 Å². The lowest BCUT2D eigenvalue weighted by Crippen LogP contribution is -2.31. The molecule has 0 aromatic rings. The molecule has 0 aromatic carbocycles. The van der Waals surface area contributed by atoms with Gasteiger partial charge in [0.05, 0.1) is 11.3 Å². The second kappa shape index (κ2) is 2.99. The van der Waals surface area contributed by atoms with Crippen molar-refractivity contribution in [3.05, 3.63) is 23.8 Å². The molecule has 0 spiro atoms. The van der Waals surface area contributed by atoms with E-state index in [0.29, 0.717) is 11.3 Å². The van der Waals surface area contributed by atoms with E-state index in [1.54, 1.807) is 12.2 Å². The van der Waals surface area contributed by atoms with Crippen molar-refractivity contribution in [2.75, 3.05) is 0 Å². The third kappa shape index (κ3) is 1.46. The lowest BCUT2D eigenvalue weighted by Gasteiger charge is -2.23. The number of amides is 1. The smallest absolute Gasteiger partial charge is 0.267 e. The van der Waals surface area contributed by atoms with Crippen LogP contribution in [0.1, 0.15) is 0 Å². The number of carbonyl (C=O) groups is 1. The first kappa shape index (κ1) is 9.02. The summed E-state index contributed by atoms with van der Waals surface area (Å²) in [7, 11) is 0. The molecule has 0 atom stereocenters. The average molecular weight is 304 g/mol. The van der Waals surface area contributed by atoms with Crippen LogP contribution in [0, 0.1) is 0 Å². The number of fused-ring (bicyclic) bond motifs is 1. The summed E-state index contributed by atoms with van der Waals surface area (Å²) in [5, 5.41) is 0. The Morgan fingerprint density at radius 1 is 1.38 bits per heavy atom. The second-order valence-corrected chi connectivity index (χ2v) is 6.16. The molecule has 0 unspecified atom stereocenters. The van der Waals surface area contributed by atoms with Crippen LogP contribution in [0.5, 0.6) is 0 Å². The zero-order valence-corrected chi connectivity index (χ0v) is 9.54. The normalized spacial score (nSPS) is 23.7. The minimum atomic E-state index is -0.536. The Balaban J connectivity index is 2.56. The van der Waals surface area contributed by atoms with Crippen LogP contribution in [0.2, 0.25) is 0 Å². The number of hydrogen-bond acceptors (Lipinski definition) is 2. The molecule has 0 saturated heterocycles. The number of rotatable bonds is 0.